The van der Waals surface area contributed by atoms with E-state index in [2.05, 4.69) is 9.71 Å². The molecule has 0 fully saturated rings. The molecular weight excluding hydrogens is 376 g/mol. The molecule has 136 valence electrons. The predicted octanol–water partition coefficient (Wildman–Crippen LogP) is 3.79. The van der Waals surface area contributed by atoms with Gasteiger partial charge in [-0.3, -0.25) is 0 Å². The van der Waals surface area contributed by atoms with E-state index in [1.807, 2.05) is 12.1 Å². The molecule has 26 heavy (non-hydrogen) atoms. The van der Waals surface area contributed by atoms with E-state index in [0.29, 0.717) is 22.4 Å². The normalized spacial score (nSPS) is 11.5. The molecule has 6 nitrogen and oxygen atoms in total. The standard InChI is InChI=1S/C18H17ClN2O4S/c1-12-17(11-20-26(22,23)16-9-5-14(19)6-10-16)21-18(25-12)13-3-7-15(24-2)8-4-13/h3-10,20H,11H2,1-2H3. The molecule has 8 heteroatoms. The van der Waals surface area contributed by atoms with Gasteiger partial charge in [-0.1, -0.05) is 11.6 Å². The highest BCUT2D eigenvalue weighted by molar-refractivity contribution is 7.89. The summed E-state index contributed by atoms with van der Waals surface area (Å²) in [5.41, 5.74) is 1.30. The smallest absolute Gasteiger partial charge is 0.240 e. The van der Waals surface area contributed by atoms with E-state index in [1.165, 1.54) is 24.3 Å². The van der Waals surface area contributed by atoms with Crippen LogP contribution < -0.4 is 9.46 Å². The first-order valence-electron chi connectivity index (χ1n) is 7.75. The molecule has 1 N–H and O–H groups in total. The number of ether oxygens (including phenoxy) is 1. The van der Waals surface area contributed by atoms with Gasteiger partial charge in [-0.2, -0.15) is 0 Å². The number of hydrogen-bond acceptors (Lipinski definition) is 5. The van der Waals surface area contributed by atoms with E-state index < -0.39 is 10.0 Å². The van der Waals surface area contributed by atoms with Crippen molar-refractivity contribution in [1.82, 2.24) is 9.71 Å². The quantitative estimate of drug-likeness (QED) is 0.690. The average Bonchev–Trinajstić information content (AvgIpc) is 3.01. The van der Waals surface area contributed by atoms with Gasteiger partial charge in [0.05, 0.1) is 24.2 Å². The summed E-state index contributed by atoms with van der Waals surface area (Å²) in [5.74, 6) is 1.70. The number of aryl methyl sites for hydroxylation is 1. The number of halogens is 1. The van der Waals surface area contributed by atoms with Crippen LogP contribution in [0.3, 0.4) is 0 Å². The number of hydrogen-bond donors (Lipinski definition) is 1. The first-order chi connectivity index (χ1) is 12.4. The van der Waals surface area contributed by atoms with Gasteiger partial charge < -0.3 is 9.15 Å². The highest BCUT2D eigenvalue weighted by atomic mass is 35.5. The second-order valence-electron chi connectivity index (χ2n) is 5.53. The highest BCUT2D eigenvalue weighted by Gasteiger charge is 2.17. The van der Waals surface area contributed by atoms with E-state index >= 15 is 0 Å². The van der Waals surface area contributed by atoms with Crippen LogP contribution in [-0.2, 0) is 16.6 Å². The van der Waals surface area contributed by atoms with Crippen molar-refractivity contribution in [2.24, 2.45) is 0 Å². The molecule has 3 aromatic rings. The molecule has 1 aromatic heterocycles. The summed E-state index contributed by atoms with van der Waals surface area (Å²) >= 11 is 5.79. The van der Waals surface area contributed by atoms with Crippen LogP contribution >= 0.6 is 11.6 Å². The maximum atomic E-state index is 12.3. The Morgan fingerprint density at radius 3 is 2.38 bits per heavy atom. The van der Waals surface area contributed by atoms with Crippen molar-refractivity contribution >= 4 is 21.6 Å². The molecule has 3 rings (SSSR count). The van der Waals surface area contributed by atoms with Crippen molar-refractivity contribution in [3.8, 4) is 17.2 Å². The Balaban J connectivity index is 1.76. The molecule has 0 aliphatic heterocycles. The maximum absolute atomic E-state index is 12.3. The van der Waals surface area contributed by atoms with Crippen molar-refractivity contribution in [1.29, 1.82) is 0 Å². The molecular formula is C18H17ClN2O4S. The fraction of sp³-hybridized carbons (Fsp3) is 0.167. The number of aromatic nitrogens is 1. The summed E-state index contributed by atoms with van der Waals surface area (Å²) in [6.07, 6.45) is 0. The lowest BCUT2D eigenvalue weighted by Crippen LogP contribution is -2.23. The molecule has 0 aliphatic carbocycles. The maximum Gasteiger partial charge on any atom is 0.240 e. The second kappa shape index (κ2) is 7.49. The monoisotopic (exact) mass is 392 g/mol. The van der Waals surface area contributed by atoms with E-state index in [4.69, 9.17) is 20.8 Å². The van der Waals surface area contributed by atoms with Gasteiger partial charge in [0, 0.05) is 10.6 Å². The van der Waals surface area contributed by atoms with Gasteiger partial charge in [0.2, 0.25) is 15.9 Å². The minimum absolute atomic E-state index is 0.0243. The van der Waals surface area contributed by atoms with Crippen LogP contribution in [0.15, 0.2) is 57.8 Å². The Hall–Kier alpha value is -2.35. The van der Waals surface area contributed by atoms with Gasteiger partial charge >= 0.3 is 0 Å². The molecule has 2 aromatic carbocycles. The van der Waals surface area contributed by atoms with Crippen molar-refractivity contribution in [3.63, 3.8) is 0 Å². The van der Waals surface area contributed by atoms with Crippen molar-refractivity contribution in [2.45, 2.75) is 18.4 Å². The Kier molecular flexibility index (Phi) is 5.31. The number of sulfonamides is 1. The number of nitrogens with one attached hydrogen (secondary N) is 1. The van der Waals surface area contributed by atoms with Crippen molar-refractivity contribution in [3.05, 3.63) is 65.0 Å². The zero-order chi connectivity index (χ0) is 18.7. The van der Waals surface area contributed by atoms with Crippen LogP contribution in [0.4, 0.5) is 0 Å². The number of benzene rings is 2. The number of nitrogens with zero attached hydrogens (tertiary/aromatic N) is 1. The minimum Gasteiger partial charge on any atom is -0.497 e. The van der Waals surface area contributed by atoms with E-state index in [0.717, 1.165) is 11.3 Å². The van der Waals surface area contributed by atoms with Crippen LogP contribution in [-0.4, -0.2) is 20.5 Å². The zero-order valence-electron chi connectivity index (χ0n) is 14.2. The van der Waals surface area contributed by atoms with Gasteiger partial charge in [0.25, 0.3) is 0 Å². The Bertz CT molecular complexity index is 997. The fourth-order valence-corrected chi connectivity index (χ4v) is 3.42. The predicted molar refractivity (Wildman–Crippen MR) is 98.7 cm³/mol. The molecule has 0 spiro atoms. The van der Waals surface area contributed by atoms with Crippen LogP contribution in [0, 0.1) is 6.92 Å². The highest BCUT2D eigenvalue weighted by Crippen LogP contribution is 2.24. The molecule has 0 radical (unpaired) electrons. The zero-order valence-corrected chi connectivity index (χ0v) is 15.8. The molecule has 0 bridgehead atoms. The Morgan fingerprint density at radius 2 is 1.77 bits per heavy atom. The van der Waals surface area contributed by atoms with Crippen LogP contribution in [0.2, 0.25) is 5.02 Å². The van der Waals surface area contributed by atoms with Gasteiger partial charge in [0.15, 0.2) is 0 Å². The van der Waals surface area contributed by atoms with Crippen molar-refractivity contribution in [2.75, 3.05) is 7.11 Å². The lowest BCUT2D eigenvalue weighted by atomic mass is 10.2. The molecule has 0 amide bonds. The lowest BCUT2D eigenvalue weighted by Gasteiger charge is -2.05. The third kappa shape index (κ3) is 4.07. The van der Waals surface area contributed by atoms with E-state index in [-0.39, 0.29) is 11.4 Å². The Labute approximate surface area is 156 Å². The summed E-state index contributed by atoms with van der Waals surface area (Å²) in [6.45, 7) is 1.77. The summed E-state index contributed by atoms with van der Waals surface area (Å²) in [4.78, 5) is 4.53. The van der Waals surface area contributed by atoms with Crippen molar-refractivity contribution < 1.29 is 17.6 Å². The van der Waals surface area contributed by atoms with E-state index in [9.17, 15) is 8.42 Å². The largest absolute Gasteiger partial charge is 0.497 e. The first kappa shape index (κ1) is 18.4. The SMILES string of the molecule is COc1ccc(-c2nc(CNS(=O)(=O)c3ccc(Cl)cc3)c(C)o2)cc1. The molecule has 0 atom stereocenters. The molecule has 0 saturated heterocycles. The number of rotatable bonds is 6. The summed E-state index contributed by atoms with van der Waals surface area (Å²) in [5, 5.41) is 0.473. The van der Waals surface area contributed by atoms with Gasteiger partial charge in [-0.05, 0) is 55.5 Å². The number of methoxy groups -OCH3 is 1. The second-order valence-corrected chi connectivity index (χ2v) is 7.73. The van der Waals surface area contributed by atoms with Crippen LogP contribution in [0.1, 0.15) is 11.5 Å². The van der Waals surface area contributed by atoms with Gasteiger partial charge in [0.1, 0.15) is 11.5 Å². The lowest BCUT2D eigenvalue weighted by molar-refractivity contribution is 0.415. The molecule has 0 unspecified atom stereocenters. The average molecular weight is 393 g/mol. The van der Waals surface area contributed by atoms with Crippen LogP contribution in [0.5, 0.6) is 5.75 Å². The molecule has 0 aliphatic rings. The van der Waals surface area contributed by atoms with Gasteiger partial charge in [-0.25, -0.2) is 18.1 Å². The summed E-state index contributed by atoms with van der Waals surface area (Å²) < 4.78 is 38.0. The Morgan fingerprint density at radius 1 is 1.12 bits per heavy atom. The third-order valence-corrected chi connectivity index (χ3v) is 5.45. The fourth-order valence-electron chi connectivity index (χ4n) is 2.31. The first-order valence-corrected chi connectivity index (χ1v) is 9.61. The third-order valence-electron chi connectivity index (χ3n) is 3.78. The van der Waals surface area contributed by atoms with E-state index in [1.54, 1.807) is 26.2 Å². The molecule has 0 saturated carbocycles. The van der Waals surface area contributed by atoms with Gasteiger partial charge in [-0.15, -0.1) is 0 Å². The van der Waals surface area contributed by atoms with Crippen LogP contribution in [0.25, 0.3) is 11.5 Å². The summed E-state index contributed by atoms with van der Waals surface area (Å²) in [6, 6.07) is 13.2. The number of oxazole rings is 1. The molecule has 1 heterocycles. The summed E-state index contributed by atoms with van der Waals surface area (Å²) in [7, 11) is -2.07. The topological polar surface area (TPSA) is 81.4 Å². The minimum atomic E-state index is -3.66.